The van der Waals surface area contributed by atoms with Gasteiger partial charge in [0.1, 0.15) is 11.6 Å². The maximum Gasteiger partial charge on any atom is 0.232 e. The monoisotopic (exact) mass is 458 g/mol. The van der Waals surface area contributed by atoms with E-state index in [-0.39, 0.29) is 0 Å². The fourth-order valence-electron chi connectivity index (χ4n) is 4.31. The molecule has 2 saturated heterocycles. The number of hydrogen-bond donors (Lipinski definition) is 2. The number of rotatable bonds is 5. The van der Waals surface area contributed by atoms with Crippen LogP contribution >= 0.6 is 23.8 Å². The van der Waals surface area contributed by atoms with Gasteiger partial charge in [-0.25, -0.2) is 0 Å². The molecule has 0 radical (unpaired) electrons. The van der Waals surface area contributed by atoms with Crippen LogP contribution in [0.15, 0.2) is 30.3 Å². The van der Waals surface area contributed by atoms with Crippen molar-refractivity contribution in [3.8, 4) is 0 Å². The lowest BCUT2D eigenvalue weighted by atomic mass is 10.0. The summed E-state index contributed by atoms with van der Waals surface area (Å²) in [5.74, 6) is 2.52. The van der Waals surface area contributed by atoms with Crippen LogP contribution in [-0.2, 0) is 6.54 Å². The van der Waals surface area contributed by atoms with Crippen molar-refractivity contribution in [1.82, 2.24) is 15.3 Å². The van der Waals surface area contributed by atoms with Gasteiger partial charge in [-0.1, -0.05) is 29.8 Å². The number of halogens is 1. The molecule has 0 spiro atoms. The molecule has 1 aromatic carbocycles. The standard InChI is InChI=1S/C23H31ClN6S/c1-17-9-5-8-14-30(17)21-15-20(29-12-6-2-7-13-29)26-22(27-21)28-23(31)25-16-18-10-3-4-11-19(18)24/h3-4,10-11,15,17H,2,5-9,12-14,16H2,1H3,(H2,25,26,27,28,31)/t17-/m0/s1. The Morgan fingerprint density at radius 1 is 1.06 bits per heavy atom. The lowest BCUT2D eigenvalue weighted by Gasteiger charge is -2.35. The lowest BCUT2D eigenvalue weighted by molar-refractivity contribution is 0.481. The van der Waals surface area contributed by atoms with Crippen LogP contribution in [0, 0.1) is 0 Å². The molecule has 31 heavy (non-hydrogen) atoms. The fraction of sp³-hybridized carbons (Fsp3) is 0.522. The summed E-state index contributed by atoms with van der Waals surface area (Å²) in [6, 6.07) is 10.4. The SMILES string of the molecule is C[C@H]1CCCCN1c1cc(N2CCCCC2)nc(NC(=S)NCc2ccccc2Cl)n1. The Morgan fingerprint density at radius 3 is 2.58 bits per heavy atom. The Hall–Kier alpha value is -2.12. The summed E-state index contributed by atoms with van der Waals surface area (Å²) in [4.78, 5) is 14.4. The molecule has 3 heterocycles. The molecule has 0 saturated carbocycles. The third-order valence-corrected chi connectivity index (χ3v) is 6.71. The van der Waals surface area contributed by atoms with Crippen molar-refractivity contribution in [2.24, 2.45) is 0 Å². The first-order chi connectivity index (χ1) is 15.1. The van der Waals surface area contributed by atoms with Crippen LogP contribution in [0.4, 0.5) is 17.6 Å². The minimum Gasteiger partial charge on any atom is -0.358 e. The zero-order valence-corrected chi connectivity index (χ0v) is 19.7. The molecule has 2 N–H and O–H groups in total. The van der Waals surface area contributed by atoms with E-state index >= 15 is 0 Å². The molecular weight excluding hydrogens is 428 g/mol. The van der Waals surface area contributed by atoms with Crippen LogP contribution < -0.4 is 20.4 Å². The van der Waals surface area contributed by atoms with Gasteiger partial charge in [0.25, 0.3) is 0 Å². The summed E-state index contributed by atoms with van der Waals surface area (Å²) in [6.45, 7) is 5.95. The zero-order chi connectivity index (χ0) is 21.6. The highest BCUT2D eigenvalue weighted by atomic mass is 35.5. The van der Waals surface area contributed by atoms with Gasteiger partial charge >= 0.3 is 0 Å². The van der Waals surface area contributed by atoms with Crippen molar-refractivity contribution in [2.75, 3.05) is 34.8 Å². The number of nitrogens with zero attached hydrogens (tertiary/aromatic N) is 4. The minimum atomic E-state index is 0.482. The third kappa shape index (κ3) is 5.77. The van der Waals surface area contributed by atoms with Crippen LogP contribution in [0.3, 0.4) is 0 Å². The van der Waals surface area contributed by atoms with Crippen molar-refractivity contribution in [3.63, 3.8) is 0 Å². The largest absolute Gasteiger partial charge is 0.358 e. The summed E-state index contributed by atoms with van der Waals surface area (Å²) < 4.78 is 0. The van der Waals surface area contributed by atoms with Gasteiger partial charge in [0.2, 0.25) is 5.95 Å². The topological polar surface area (TPSA) is 56.3 Å². The molecule has 4 rings (SSSR count). The van der Waals surface area contributed by atoms with Gasteiger partial charge in [0.15, 0.2) is 5.11 Å². The molecule has 166 valence electrons. The van der Waals surface area contributed by atoms with E-state index in [0.717, 1.165) is 41.9 Å². The predicted octanol–water partition coefficient (Wildman–Crippen LogP) is 4.99. The second kappa shape index (κ2) is 10.5. The molecule has 0 bridgehead atoms. The third-order valence-electron chi connectivity index (χ3n) is 6.10. The first kappa shape index (κ1) is 22.1. The molecule has 0 unspecified atom stereocenters. The van der Waals surface area contributed by atoms with Crippen LogP contribution in [-0.4, -0.2) is 40.8 Å². The average Bonchev–Trinajstić information content (AvgIpc) is 2.79. The van der Waals surface area contributed by atoms with E-state index in [1.807, 2.05) is 24.3 Å². The highest BCUT2D eigenvalue weighted by Crippen LogP contribution is 2.28. The van der Waals surface area contributed by atoms with Crippen LogP contribution in [0.5, 0.6) is 0 Å². The lowest BCUT2D eigenvalue weighted by Crippen LogP contribution is -2.39. The van der Waals surface area contributed by atoms with Gasteiger partial charge in [-0.3, -0.25) is 0 Å². The van der Waals surface area contributed by atoms with Gasteiger partial charge in [-0.2, -0.15) is 9.97 Å². The summed E-state index contributed by atoms with van der Waals surface area (Å²) in [5, 5.41) is 7.65. The van der Waals surface area contributed by atoms with E-state index in [0.29, 0.717) is 23.6 Å². The number of anilines is 3. The summed E-state index contributed by atoms with van der Waals surface area (Å²) in [5.41, 5.74) is 0.999. The van der Waals surface area contributed by atoms with Crippen molar-refractivity contribution >= 4 is 46.5 Å². The highest BCUT2D eigenvalue weighted by Gasteiger charge is 2.23. The Bertz CT molecular complexity index is 901. The van der Waals surface area contributed by atoms with Gasteiger partial charge in [0.05, 0.1) is 0 Å². The van der Waals surface area contributed by atoms with Crippen molar-refractivity contribution < 1.29 is 0 Å². The molecule has 1 atom stereocenters. The van der Waals surface area contributed by atoms with E-state index in [2.05, 4.69) is 33.4 Å². The molecule has 2 aliphatic rings. The summed E-state index contributed by atoms with van der Waals surface area (Å²) in [7, 11) is 0. The molecule has 0 aliphatic carbocycles. The molecule has 1 aromatic heterocycles. The van der Waals surface area contributed by atoms with Crippen LogP contribution in [0.25, 0.3) is 0 Å². The number of piperidine rings is 2. The summed E-state index contributed by atoms with van der Waals surface area (Å²) >= 11 is 11.8. The van der Waals surface area contributed by atoms with E-state index in [4.69, 9.17) is 33.8 Å². The number of hydrogen-bond acceptors (Lipinski definition) is 5. The van der Waals surface area contributed by atoms with E-state index in [9.17, 15) is 0 Å². The molecule has 2 aliphatic heterocycles. The Balaban J connectivity index is 1.51. The number of nitrogens with one attached hydrogen (secondary N) is 2. The maximum absolute atomic E-state index is 6.26. The smallest absolute Gasteiger partial charge is 0.232 e. The maximum atomic E-state index is 6.26. The van der Waals surface area contributed by atoms with Gasteiger partial charge < -0.3 is 20.4 Å². The Kier molecular flexibility index (Phi) is 7.45. The van der Waals surface area contributed by atoms with Gasteiger partial charge in [-0.05, 0) is 69.3 Å². The van der Waals surface area contributed by atoms with E-state index < -0.39 is 0 Å². The zero-order valence-electron chi connectivity index (χ0n) is 18.1. The van der Waals surface area contributed by atoms with E-state index in [1.165, 1.54) is 38.5 Å². The molecule has 2 fully saturated rings. The molecule has 6 nitrogen and oxygen atoms in total. The second-order valence-corrected chi connectivity index (χ2v) is 9.21. The summed E-state index contributed by atoms with van der Waals surface area (Å²) in [6.07, 6.45) is 7.39. The normalized spacial score (nSPS) is 19.2. The first-order valence-corrected chi connectivity index (χ1v) is 12.1. The van der Waals surface area contributed by atoms with E-state index in [1.54, 1.807) is 0 Å². The van der Waals surface area contributed by atoms with Crippen molar-refractivity contribution in [1.29, 1.82) is 0 Å². The minimum absolute atomic E-state index is 0.482. The van der Waals surface area contributed by atoms with Gasteiger partial charge in [-0.15, -0.1) is 0 Å². The second-order valence-electron chi connectivity index (χ2n) is 8.39. The predicted molar refractivity (Wildman–Crippen MR) is 133 cm³/mol. The van der Waals surface area contributed by atoms with Gasteiger partial charge in [0, 0.05) is 43.3 Å². The van der Waals surface area contributed by atoms with Crippen LogP contribution in [0.1, 0.15) is 51.0 Å². The molecular formula is C23H31ClN6S. The first-order valence-electron chi connectivity index (χ1n) is 11.3. The highest BCUT2D eigenvalue weighted by molar-refractivity contribution is 7.80. The number of aromatic nitrogens is 2. The fourth-order valence-corrected chi connectivity index (χ4v) is 4.68. The van der Waals surface area contributed by atoms with Crippen molar-refractivity contribution in [3.05, 3.63) is 40.9 Å². The average molecular weight is 459 g/mol. The molecule has 8 heteroatoms. The quantitative estimate of drug-likeness (QED) is 0.612. The number of thiocarbonyl (C=S) groups is 1. The molecule has 0 amide bonds. The number of benzene rings is 1. The Morgan fingerprint density at radius 2 is 1.81 bits per heavy atom. The van der Waals surface area contributed by atoms with Crippen LogP contribution in [0.2, 0.25) is 5.02 Å². The Labute approximate surface area is 195 Å². The van der Waals surface area contributed by atoms with Crippen molar-refractivity contribution in [2.45, 2.75) is 58.0 Å². The molecule has 2 aromatic rings.